The monoisotopic (exact) mass is 487 g/mol. The zero-order valence-corrected chi connectivity index (χ0v) is 18.3. The van der Waals surface area contributed by atoms with Gasteiger partial charge in [-0.15, -0.1) is 0 Å². The van der Waals surface area contributed by atoms with Crippen molar-refractivity contribution >= 4 is 33.8 Å². The number of anilines is 1. The molecule has 0 saturated heterocycles. The van der Waals surface area contributed by atoms with E-state index in [1.807, 2.05) is 0 Å². The van der Waals surface area contributed by atoms with Crippen LogP contribution >= 0.6 is 0 Å². The highest BCUT2D eigenvalue weighted by atomic mass is 32.2. The summed E-state index contributed by atoms with van der Waals surface area (Å²) in [6.07, 6.45) is -2.68. The van der Waals surface area contributed by atoms with Crippen molar-refractivity contribution in [2.75, 3.05) is 30.8 Å². The van der Waals surface area contributed by atoms with Crippen LogP contribution in [0.1, 0.15) is 11.1 Å². The minimum absolute atomic E-state index is 0.301. The first kappa shape index (κ1) is 25.6. The molecule has 0 aliphatic rings. The molecule has 2 aromatic rings. The van der Waals surface area contributed by atoms with E-state index in [1.165, 1.54) is 19.4 Å². The lowest BCUT2D eigenvalue weighted by atomic mass is 10.2. The van der Waals surface area contributed by atoms with Crippen LogP contribution in [0.2, 0.25) is 0 Å². The van der Waals surface area contributed by atoms with Crippen LogP contribution in [0.15, 0.2) is 53.6 Å². The second-order valence-corrected chi connectivity index (χ2v) is 8.46. The van der Waals surface area contributed by atoms with Crippen LogP contribution in [0, 0.1) is 0 Å². The van der Waals surface area contributed by atoms with E-state index in [9.17, 15) is 31.2 Å². The summed E-state index contributed by atoms with van der Waals surface area (Å²) in [6, 6.07) is 9.94. The van der Waals surface area contributed by atoms with Gasteiger partial charge in [0.1, 0.15) is 12.3 Å². The molecule has 0 aliphatic heterocycles. The van der Waals surface area contributed by atoms with Crippen LogP contribution in [0.3, 0.4) is 0 Å². The van der Waals surface area contributed by atoms with Crippen LogP contribution in [-0.4, -0.2) is 53.0 Å². The van der Waals surface area contributed by atoms with Gasteiger partial charge in [-0.25, -0.2) is 18.6 Å². The number of hydrogen-bond donors (Lipinski definition) is 1. The summed E-state index contributed by atoms with van der Waals surface area (Å²) >= 11 is 0. The second kappa shape index (κ2) is 10.8. The quantitative estimate of drug-likeness (QED) is 0.330. The van der Waals surface area contributed by atoms with Crippen molar-refractivity contribution < 1.29 is 40.7 Å². The first-order valence-corrected chi connectivity index (χ1v) is 11.0. The molecule has 0 bridgehead atoms. The Labute approximate surface area is 187 Å². The van der Waals surface area contributed by atoms with E-state index in [0.717, 1.165) is 24.5 Å². The highest BCUT2D eigenvalue weighted by molar-refractivity contribution is 7.92. The van der Waals surface area contributed by atoms with E-state index in [2.05, 4.69) is 15.3 Å². The number of hydrazone groups is 1. The fourth-order valence-corrected chi connectivity index (χ4v) is 3.32. The van der Waals surface area contributed by atoms with Crippen molar-refractivity contribution in [2.24, 2.45) is 5.10 Å². The van der Waals surface area contributed by atoms with Crippen LogP contribution < -0.4 is 14.5 Å². The van der Waals surface area contributed by atoms with Gasteiger partial charge < -0.3 is 9.47 Å². The van der Waals surface area contributed by atoms with E-state index < -0.39 is 40.2 Å². The summed E-state index contributed by atoms with van der Waals surface area (Å²) in [5.41, 5.74) is 1.22. The van der Waals surface area contributed by atoms with Crippen LogP contribution in [0.5, 0.6) is 5.75 Å². The zero-order chi connectivity index (χ0) is 24.6. The lowest BCUT2D eigenvalue weighted by molar-refractivity contribution is -0.143. The van der Waals surface area contributed by atoms with Crippen molar-refractivity contribution in [1.82, 2.24) is 5.43 Å². The summed E-state index contributed by atoms with van der Waals surface area (Å²) in [4.78, 5) is 23.3. The van der Waals surface area contributed by atoms with Crippen molar-refractivity contribution in [3.05, 3.63) is 59.7 Å². The minimum Gasteiger partial charge on any atom is -0.482 e. The summed E-state index contributed by atoms with van der Waals surface area (Å²) in [5.74, 6) is -1.12. The molecule has 0 unspecified atom stereocenters. The molecule has 0 aliphatic carbocycles. The zero-order valence-electron chi connectivity index (χ0n) is 17.5. The maximum Gasteiger partial charge on any atom is 0.416 e. The number of methoxy groups -OCH3 is 1. The second-order valence-electron chi connectivity index (χ2n) is 6.55. The average Bonchev–Trinajstić information content (AvgIpc) is 2.75. The molecular formula is C20H20F3N3O6S. The van der Waals surface area contributed by atoms with Gasteiger partial charge in [0.05, 0.1) is 30.8 Å². The van der Waals surface area contributed by atoms with Crippen molar-refractivity contribution in [1.29, 1.82) is 0 Å². The van der Waals surface area contributed by atoms with Gasteiger partial charge >= 0.3 is 12.1 Å². The van der Waals surface area contributed by atoms with Gasteiger partial charge in [0, 0.05) is 0 Å². The summed E-state index contributed by atoms with van der Waals surface area (Å²) < 4.78 is 73.2. The van der Waals surface area contributed by atoms with Gasteiger partial charge in [-0.1, -0.05) is 18.2 Å². The molecule has 0 fully saturated rings. The van der Waals surface area contributed by atoms with Gasteiger partial charge in [-0.2, -0.15) is 18.3 Å². The molecular weight excluding hydrogens is 467 g/mol. The summed E-state index contributed by atoms with van der Waals surface area (Å²) in [6.45, 7) is -1.09. The largest absolute Gasteiger partial charge is 0.482 e. The number of carbonyl (C=O) groups is 2. The molecule has 0 spiro atoms. The van der Waals surface area contributed by atoms with Crippen LogP contribution in [0.4, 0.5) is 18.9 Å². The van der Waals surface area contributed by atoms with Gasteiger partial charge in [-0.3, -0.25) is 9.10 Å². The number of nitrogens with zero attached hydrogens (tertiary/aromatic N) is 2. The van der Waals surface area contributed by atoms with E-state index in [1.54, 1.807) is 18.2 Å². The Morgan fingerprint density at radius 2 is 1.85 bits per heavy atom. The number of alkyl halides is 3. The number of benzene rings is 2. The third kappa shape index (κ3) is 8.11. The predicted octanol–water partition coefficient (Wildman–Crippen LogP) is 2.17. The number of esters is 1. The molecule has 33 heavy (non-hydrogen) atoms. The molecule has 2 rings (SSSR count). The number of halogens is 3. The first-order valence-electron chi connectivity index (χ1n) is 9.16. The molecule has 13 heteroatoms. The summed E-state index contributed by atoms with van der Waals surface area (Å²) in [5, 5.41) is 3.71. The molecule has 2 aromatic carbocycles. The van der Waals surface area contributed by atoms with Gasteiger partial charge in [0.2, 0.25) is 10.0 Å². The average molecular weight is 487 g/mol. The van der Waals surface area contributed by atoms with Crippen LogP contribution in [-0.2, 0) is 30.5 Å². The topological polar surface area (TPSA) is 114 Å². The number of rotatable bonds is 9. The summed E-state index contributed by atoms with van der Waals surface area (Å²) in [7, 11) is -2.86. The minimum atomic E-state index is -4.68. The molecule has 1 amide bonds. The smallest absolute Gasteiger partial charge is 0.416 e. The number of carbonyl (C=O) groups excluding carboxylic acids is 2. The Balaban J connectivity index is 2.07. The lowest BCUT2D eigenvalue weighted by Gasteiger charge is -2.22. The molecule has 9 nitrogen and oxygen atoms in total. The number of hydrogen-bond acceptors (Lipinski definition) is 7. The molecule has 0 saturated carbocycles. The predicted molar refractivity (Wildman–Crippen MR) is 113 cm³/mol. The Bertz CT molecular complexity index is 1140. The van der Waals surface area contributed by atoms with Gasteiger partial charge in [0.15, 0.2) is 6.61 Å². The fourth-order valence-electron chi connectivity index (χ4n) is 2.47. The SMILES string of the molecule is COC(=O)COc1cccc(/C=N\NC(=O)CN(c2cccc(C(F)(F)F)c2)S(C)(=O)=O)c1. The Kier molecular flexibility index (Phi) is 8.40. The number of sulfonamides is 1. The van der Waals surface area contributed by atoms with Crippen LogP contribution in [0.25, 0.3) is 0 Å². The molecule has 178 valence electrons. The number of ether oxygens (including phenoxy) is 2. The highest BCUT2D eigenvalue weighted by Gasteiger charge is 2.32. The van der Waals surface area contributed by atoms with E-state index in [0.29, 0.717) is 21.7 Å². The maximum atomic E-state index is 13.0. The lowest BCUT2D eigenvalue weighted by Crippen LogP contribution is -2.39. The maximum absolute atomic E-state index is 13.0. The van der Waals surface area contributed by atoms with Gasteiger partial charge in [0.25, 0.3) is 5.91 Å². The van der Waals surface area contributed by atoms with E-state index >= 15 is 0 Å². The first-order chi connectivity index (χ1) is 15.4. The Morgan fingerprint density at radius 1 is 1.15 bits per heavy atom. The number of amides is 1. The third-order valence-corrected chi connectivity index (χ3v) is 5.13. The Hall–Kier alpha value is -3.61. The van der Waals surface area contributed by atoms with E-state index in [-0.39, 0.29) is 12.3 Å². The molecule has 0 heterocycles. The third-order valence-electron chi connectivity index (χ3n) is 3.99. The standard InChI is InChI=1S/C20H20F3N3O6S/c1-31-19(28)13-32-17-8-3-5-14(9-17)11-24-25-18(27)12-26(33(2,29)30)16-7-4-6-15(10-16)20(21,22)23/h3-11H,12-13H2,1-2H3,(H,25,27)/b24-11-. The normalized spacial score (nSPS) is 11.8. The van der Waals surface area contributed by atoms with Crippen molar-refractivity contribution in [3.8, 4) is 5.75 Å². The number of nitrogens with one attached hydrogen (secondary N) is 1. The highest BCUT2D eigenvalue weighted by Crippen LogP contribution is 2.32. The van der Waals surface area contributed by atoms with E-state index in [4.69, 9.17) is 4.74 Å². The molecule has 0 atom stereocenters. The van der Waals surface area contributed by atoms with Crippen molar-refractivity contribution in [2.45, 2.75) is 6.18 Å². The molecule has 1 N–H and O–H groups in total. The van der Waals surface area contributed by atoms with Gasteiger partial charge in [-0.05, 0) is 35.9 Å². The Morgan fingerprint density at radius 3 is 2.48 bits per heavy atom. The fraction of sp³-hybridized carbons (Fsp3) is 0.250. The molecule has 0 radical (unpaired) electrons. The van der Waals surface area contributed by atoms with Crippen molar-refractivity contribution in [3.63, 3.8) is 0 Å². The molecule has 0 aromatic heterocycles.